The Balaban J connectivity index is 1.86. The lowest BCUT2D eigenvalue weighted by molar-refractivity contribution is -0.127. The zero-order valence-corrected chi connectivity index (χ0v) is 27.8. The van der Waals surface area contributed by atoms with Gasteiger partial charge in [-0.25, -0.2) is 14.6 Å². The first-order valence-corrected chi connectivity index (χ1v) is 15.6. The van der Waals surface area contributed by atoms with Gasteiger partial charge in [0.1, 0.15) is 11.6 Å². The molecular weight excluding hydrogens is 594 g/mol. The summed E-state index contributed by atoms with van der Waals surface area (Å²) >= 11 is 1.54. The Morgan fingerprint density at radius 1 is 0.933 bits per heavy atom. The predicted molar refractivity (Wildman–Crippen MR) is 174 cm³/mol. The fourth-order valence-electron chi connectivity index (χ4n) is 4.56. The maximum absolute atomic E-state index is 13.6. The molecule has 0 aliphatic heterocycles. The van der Waals surface area contributed by atoms with Crippen molar-refractivity contribution >= 4 is 29.4 Å². The predicted octanol–water partition coefficient (Wildman–Crippen LogP) is 4.91. The highest BCUT2D eigenvalue weighted by atomic mass is 32.1. The third kappa shape index (κ3) is 11.8. The Hall–Kier alpha value is -4.00. The number of rotatable bonds is 12. The van der Waals surface area contributed by atoms with Crippen molar-refractivity contribution in [1.29, 1.82) is 0 Å². The van der Waals surface area contributed by atoms with Crippen molar-refractivity contribution in [2.75, 3.05) is 13.7 Å². The van der Waals surface area contributed by atoms with Crippen molar-refractivity contribution in [2.24, 2.45) is 5.41 Å². The number of alkyl carbamates (subject to hydrolysis) is 1. The largest absolute Gasteiger partial charge is 0.453 e. The number of aromatic nitrogens is 1. The van der Waals surface area contributed by atoms with Crippen LogP contribution in [0.25, 0.3) is 10.4 Å². The number of benzene rings is 2. The van der Waals surface area contributed by atoms with Gasteiger partial charge in [-0.3, -0.25) is 15.2 Å². The molecule has 11 nitrogen and oxygen atoms in total. The molecule has 3 aromatic rings. The molecule has 0 unspecified atom stereocenters. The Kier molecular flexibility index (Phi) is 12.5. The SMILES string of the molecule is COC(=O)N[C@H](C(=O)N[C@@H](Cc1ccccc1)[C@@H](O)CN(Cc1ccc(-c2cncs2)cc1)NC(=O)OC(C)(C)C)C(C)(C)C. The Labute approximate surface area is 269 Å². The van der Waals surface area contributed by atoms with E-state index >= 15 is 0 Å². The van der Waals surface area contributed by atoms with Crippen LogP contribution in [0, 0.1) is 5.41 Å². The van der Waals surface area contributed by atoms with E-state index in [1.54, 1.807) is 48.8 Å². The number of hydrogen-bond acceptors (Lipinski definition) is 9. The maximum Gasteiger partial charge on any atom is 0.422 e. The van der Waals surface area contributed by atoms with Crippen molar-refractivity contribution < 1.29 is 29.0 Å². The molecule has 244 valence electrons. The number of carbonyl (C=O) groups excluding carboxylic acids is 3. The third-order valence-corrected chi connectivity index (χ3v) is 7.59. The molecule has 4 N–H and O–H groups in total. The number of nitrogens with zero attached hydrogens (tertiary/aromatic N) is 2. The van der Waals surface area contributed by atoms with Gasteiger partial charge in [-0.15, -0.1) is 11.3 Å². The summed E-state index contributed by atoms with van der Waals surface area (Å²) < 4.78 is 10.2. The number of hydrazine groups is 1. The first-order chi connectivity index (χ1) is 21.1. The summed E-state index contributed by atoms with van der Waals surface area (Å²) in [5.41, 5.74) is 5.94. The van der Waals surface area contributed by atoms with Gasteiger partial charge in [0.15, 0.2) is 0 Å². The first-order valence-electron chi connectivity index (χ1n) is 14.7. The second kappa shape index (κ2) is 15.8. The van der Waals surface area contributed by atoms with Gasteiger partial charge in [0, 0.05) is 19.3 Å². The van der Waals surface area contributed by atoms with Crippen LogP contribution in [-0.4, -0.2) is 70.6 Å². The van der Waals surface area contributed by atoms with Gasteiger partial charge in [-0.1, -0.05) is 75.4 Å². The minimum Gasteiger partial charge on any atom is -0.453 e. The van der Waals surface area contributed by atoms with Crippen molar-refractivity contribution in [1.82, 2.24) is 26.1 Å². The fourth-order valence-corrected chi connectivity index (χ4v) is 5.18. The minimum atomic E-state index is -1.14. The molecule has 3 amide bonds. The van der Waals surface area contributed by atoms with Crippen LogP contribution in [0.1, 0.15) is 52.7 Å². The summed E-state index contributed by atoms with van der Waals surface area (Å²) in [6, 6.07) is 15.6. The lowest BCUT2D eigenvalue weighted by atomic mass is 9.85. The van der Waals surface area contributed by atoms with Crippen LogP contribution in [-0.2, 0) is 27.2 Å². The number of nitrogens with one attached hydrogen (secondary N) is 3. The molecule has 3 atom stereocenters. The average molecular weight is 640 g/mol. The van der Waals surface area contributed by atoms with Crippen molar-refractivity contribution in [3.63, 3.8) is 0 Å². The highest BCUT2D eigenvalue weighted by Crippen LogP contribution is 2.24. The maximum atomic E-state index is 13.6. The highest BCUT2D eigenvalue weighted by molar-refractivity contribution is 7.13. The molecule has 0 radical (unpaired) electrons. The van der Waals surface area contributed by atoms with Gasteiger partial charge in [-0.05, 0) is 49.3 Å². The second-order valence-corrected chi connectivity index (χ2v) is 13.8. The fraction of sp³-hybridized carbons (Fsp3) is 0.455. The van der Waals surface area contributed by atoms with Gasteiger partial charge in [0.05, 0.1) is 29.6 Å². The van der Waals surface area contributed by atoms with Crippen LogP contribution in [0.5, 0.6) is 0 Å². The van der Waals surface area contributed by atoms with Crippen LogP contribution in [0.3, 0.4) is 0 Å². The van der Waals surface area contributed by atoms with E-state index in [2.05, 4.69) is 21.0 Å². The van der Waals surface area contributed by atoms with E-state index in [9.17, 15) is 19.5 Å². The van der Waals surface area contributed by atoms with Crippen LogP contribution < -0.4 is 16.1 Å². The molecule has 45 heavy (non-hydrogen) atoms. The molecule has 0 aliphatic carbocycles. The number of thiazole rings is 1. The zero-order chi connectivity index (χ0) is 33.2. The number of carbonyl (C=O) groups is 3. The molecular formula is C33H45N5O6S. The minimum absolute atomic E-state index is 0.0434. The van der Waals surface area contributed by atoms with Crippen molar-refractivity contribution in [3.05, 3.63) is 77.4 Å². The molecule has 1 aromatic heterocycles. The quantitative estimate of drug-likeness (QED) is 0.205. The molecule has 1 heterocycles. The van der Waals surface area contributed by atoms with E-state index in [4.69, 9.17) is 9.47 Å². The Bertz CT molecular complexity index is 1370. The monoisotopic (exact) mass is 639 g/mol. The lowest BCUT2D eigenvalue weighted by Crippen LogP contribution is -2.59. The van der Waals surface area contributed by atoms with E-state index in [0.717, 1.165) is 21.6 Å². The summed E-state index contributed by atoms with van der Waals surface area (Å²) in [6.07, 6.45) is -0.446. The number of aliphatic hydroxyl groups is 1. The van der Waals surface area contributed by atoms with Crippen molar-refractivity contribution in [2.45, 2.75) is 78.3 Å². The van der Waals surface area contributed by atoms with Crippen molar-refractivity contribution in [3.8, 4) is 10.4 Å². The van der Waals surface area contributed by atoms with Gasteiger partial charge >= 0.3 is 12.2 Å². The summed E-state index contributed by atoms with van der Waals surface area (Å²) in [6.45, 7) is 11.0. The molecule has 0 bridgehead atoms. The molecule has 0 saturated carbocycles. The standard InChI is InChI=1S/C33H45N5O6S/c1-32(2,3)28(36-30(41)43-7)29(40)35-25(17-22-11-9-8-10-12-22)26(39)20-38(37-31(42)44-33(4,5)6)19-23-13-15-24(16-14-23)27-18-34-21-45-27/h8-16,18,21,25-26,28,39H,17,19-20H2,1-7H3,(H,35,40)(H,36,41)(H,37,42)/t25-,26-,28+/m0/s1. The summed E-state index contributed by atoms with van der Waals surface area (Å²) in [7, 11) is 1.23. The topological polar surface area (TPSA) is 142 Å². The summed E-state index contributed by atoms with van der Waals surface area (Å²) in [4.78, 5) is 43.7. The van der Waals surface area contributed by atoms with E-state index in [1.165, 1.54) is 7.11 Å². The first kappa shape index (κ1) is 35.5. The molecule has 3 rings (SSSR count). The van der Waals surface area contributed by atoms with Gasteiger partial charge in [0.2, 0.25) is 5.91 Å². The van der Waals surface area contributed by atoms with Crippen LogP contribution in [0.2, 0.25) is 0 Å². The molecule has 0 spiro atoms. The van der Waals surface area contributed by atoms with E-state index in [0.29, 0.717) is 6.42 Å². The van der Waals surface area contributed by atoms with Crippen LogP contribution >= 0.6 is 11.3 Å². The second-order valence-electron chi connectivity index (χ2n) is 12.9. The highest BCUT2D eigenvalue weighted by Gasteiger charge is 2.36. The van der Waals surface area contributed by atoms with E-state index < -0.39 is 47.3 Å². The van der Waals surface area contributed by atoms with Crippen LogP contribution in [0.15, 0.2) is 66.3 Å². The van der Waals surface area contributed by atoms with Gasteiger partial charge in [0.25, 0.3) is 0 Å². The molecule has 0 saturated heterocycles. The summed E-state index contributed by atoms with van der Waals surface area (Å²) in [5.74, 6) is -0.474. The smallest absolute Gasteiger partial charge is 0.422 e. The zero-order valence-electron chi connectivity index (χ0n) is 27.0. The van der Waals surface area contributed by atoms with E-state index in [-0.39, 0.29) is 13.1 Å². The number of methoxy groups -OCH3 is 1. The lowest BCUT2D eigenvalue weighted by Gasteiger charge is -2.34. The normalized spacial score (nSPS) is 13.8. The Morgan fingerprint density at radius 2 is 1.60 bits per heavy atom. The number of ether oxygens (including phenoxy) is 2. The molecule has 2 aromatic carbocycles. The number of amides is 3. The van der Waals surface area contributed by atoms with Gasteiger partial charge < -0.3 is 25.2 Å². The molecule has 0 aliphatic rings. The number of hydrogen-bond donors (Lipinski definition) is 4. The third-order valence-electron chi connectivity index (χ3n) is 6.77. The van der Waals surface area contributed by atoms with E-state index in [1.807, 2.05) is 75.4 Å². The molecule has 12 heteroatoms. The van der Waals surface area contributed by atoms with Gasteiger partial charge in [-0.2, -0.15) is 0 Å². The number of aliphatic hydroxyl groups excluding tert-OH is 1. The summed E-state index contributed by atoms with van der Waals surface area (Å²) in [5, 5.41) is 18.8. The Morgan fingerprint density at radius 3 is 2.16 bits per heavy atom. The average Bonchev–Trinajstić information content (AvgIpc) is 3.50. The van der Waals surface area contributed by atoms with Crippen LogP contribution in [0.4, 0.5) is 9.59 Å². The molecule has 0 fully saturated rings.